The highest BCUT2D eigenvalue weighted by atomic mass is 16.5. The van der Waals surface area contributed by atoms with Gasteiger partial charge in [0, 0.05) is 24.5 Å². The van der Waals surface area contributed by atoms with Gasteiger partial charge in [0.25, 0.3) is 0 Å². The molecular weight excluding hydrogens is 436 g/mol. The van der Waals surface area contributed by atoms with Crippen LogP contribution in [0.3, 0.4) is 0 Å². The monoisotopic (exact) mass is 466 g/mol. The molecule has 2 aromatic heterocycles. The number of Topliss-reactive ketones (excluding diaryl/α,β-unsaturated/α-hetero) is 1. The molecule has 4 rings (SSSR count). The maximum Gasteiger partial charge on any atom is 0.322 e. The second-order valence-electron chi connectivity index (χ2n) is 9.31. The highest BCUT2D eigenvalue weighted by Crippen LogP contribution is 2.59. The molecule has 2 unspecified atom stereocenters. The standard InChI is InChI=1S/C25H30N4O5/c1-15-9-7-11-17(26-15)19-24(22(31)33-5)13-28(3)14-25(21(24)30,23(32)34-6)20(29(19)4)18-12-8-10-16(2)27-18/h7-12,19-20H,13-14H2,1-6H3/t19?,20?,24-,25+. The van der Waals surface area contributed by atoms with E-state index < -0.39 is 40.6 Å². The molecule has 0 N–H and O–H groups in total. The number of rotatable bonds is 4. The van der Waals surface area contributed by atoms with Crippen LogP contribution in [-0.2, 0) is 23.9 Å². The van der Waals surface area contributed by atoms with Gasteiger partial charge in [-0.2, -0.15) is 0 Å². The van der Waals surface area contributed by atoms with Crippen LogP contribution in [-0.4, -0.2) is 78.9 Å². The van der Waals surface area contributed by atoms with E-state index in [2.05, 4.69) is 0 Å². The van der Waals surface area contributed by atoms with Crippen molar-refractivity contribution in [3.05, 3.63) is 59.2 Å². The summed E-state index contributed by atoms with van der Waals surface area (Å²) < 4.78 is 10.5. The van der Waals surface area contributed by atoms with Crippen molar-refractivity contribution in [1.29, 1.82) is 0 Å². The topological polar surface area (TPSA) is 102 Å². The molecule has 9 nitrogen and oxygen atoms in total. The summed E-state index contributed by atoms with van der Waals surface area (Å²) in [5, 5.41) is 0. The van der Waals surface area contributed by atoms with Gasteiger partial charge >= 0.3 is 11.9 Å². The third-order valence-corrected chi connectivity index (χ3v) is 7.08. The number of carbonyl (C=O) groups is 3. The van der Waals surface area contributed by atoms with Crippen LogP contribution in [0.25, 0.3) is 0 Å². The van der Waals surface area contributed by atoms with Crippen molar-refractivity contribution in [3.63, 3.8) is 0 Å². The third kappa shape index (κ3) is 3.25. The number of nitrogens with zero attached hydrogens (tertiary/aromatic N) is 4. The van der Waals surface area contributed by atoms with Crippen molar-refractivity contribution < 1.29 is 23.9 Å². The number of esters is 2. The summed E-state index contributed by atoms with van der Waals surface area (Å²) in [5.74, 6) is -1.92. The van der Waals surface area contributed by atoms with Crippen LogP contribution >= 0.6 is 0 Å². The Hall–Kier alpha value is -3.17. The molecule has 0 amide bonds. The van der Waals surface area contributed by atoms with E-state index in [9.17, 15) is 14.4 Å². The van der Waals surface area contributed by atoms with Crippen LogP contribution in [0.15, 0.2) is 36.4 Å². The molecule has 180 valence electrons. The first kappa shape index (κ1) is 24.0. The molecule has 2 bridgehead atoms. The Morgan fingerprint density at radius 1 is 0.853 bits per heavy atom. The predicted octanol–water partition coefficient (Wildman–Crippen LogP) is 1.65. The van der Waals surface area contributed by atoms with Gasteiger partial charge in [0.05, 0.1) is 37.7 Å². The number of ether oxygens (including phenoxy) is 2. The van der Waals surface area contributed by atoms with Crippen LogP contribution in [0.2, 0.25) is 0 Å². The molecule has 34 heavy (non-hydrogen) atoms. The SMILES string of the molecule is COC(=O)[C@@]12CN(C)C[C@@](C(=O)OC)(C1=O)C(c1cccc(C)n1)N(C)C2c1cccc(C)n1. The zero-order valence-corrected chi connectivity index (χ0v) is 20.4. The Morgan fingerprint density at radius 3 is 1.62 bits per heavy atom. The molecule has 2 aromatic rings. The van der Waals surface area contributed by atoms with Crippen molar-refractivity contribution in [2.75, 3.05) is 41.4 Å². The predicted molar refractivity (Wildman–Crippen MR) is 123 cm³/mol. The Kier molecular flexibility index (Phi) is 6.03. The molecular formula is C25H30N4O5. The quantitative estimate of drug-likeness (QED) is 0.492. The minimum atomic E-state index is -1.69. The smallest absolute Gasteiger partial charge is 0.322 e. The van der Waals surface area contributed by atoms with Gasteiger partial charge in [0.2, 0.25) is 0 Å². The Balaban J connectivity index is 2.09. The maximum absolute atomic E-state index is 14.6. The highest BCUT2D eigenvalue weighted by Gasteiger charge is 2.75. The van der Waals surface area contributed by atoms with Gasteiger partial charge in [-0.3, -0.25) is 29.3 Å². The van der Waals surface area contributed by atoms with Gasteiger partial charge in [0.15, 0.2) is 16.6 Å². The summed E-state index contributed by atoms with van der Waals surface area (Å²) in [7, 11) is 6.10. The molecule has 2 aliphatic rings. The first-order valence-corrected chi connectivity index (χ1v) is 11.1. The number of piperidine rings is 2. The van der Waals surface area contributed by atoms with Crippen molar-refractivity contribution in [3.8, 4) is 0 Å². The summed E-state index contributed by atoms with van der Waals surface area (Å²) in [4.78, 5) is 54.7. The average Bonchev–Trinajstić information content (AvgIpc) is 2.80. The number of aromatic nitrogens is 2. The Bertz CT molecular complexity index is 1070. The number of ketones is 1. The average molecular weight is 467 g/mol. The maximum atomic E-state index is 14.6. The number of methoxy groups -OCH3 is 2. The molecule has 0 radical (unpaired) electrons. The fourth-order valence-corrected chi connectivity index (χ4v) is 5.97. The summed E-state index contributed by atoms with van der Waals surface area (Å²) in [6.07, 6.45) is 0. The van der Waals surface area contributed by atoms with Gasteiger partial charge in [-0.05, 0) is 52.2 Å². The molecule has 2 aliphatic heterocycles. The fourth-order valence-electron chi connectivity index (χ4n) is 5.97. The van der Waals surface area contributed by atoms with E-state index in [0.717, 1.165) is 11.4 Å². The van der Waals surface area contributed by atoms with E-state index in [1.807, 2.05) is 47.9 Å². The number of pyridine rings is 2. The Morgan fingerprint density at radius 2 is 1.26 bits per heavy atom. The third-order valence-electron chi connectivity index (χ3n) is 7.08. The number of fused-ring (bicyclic) bond motifs is 2. The van der Waals surface area contributed by atoms with Crippen molar-refractivity contribution in [1.82, 2.24) is 19.8 Å². The van der Waals surface area contributed by atoms with E-state index in [0.29, 0.717) is 11.4 Å². The van der Waals surface area contributed by atoms with E-state index in [4.69, 9.17) is 19.4 Å². The first-order chi connectivity index (χ1) is 16.1. The van der Waals surface area contributed by atoms with E-state index in [1.54, 1.807) is 26.2 Å². The lowest BCUT2D eigenvalue weighted by molar-refractivity contribution is -0.202. The molecule has 0 aromatic carbocycles. The number of likely N-dealkylation sites (tertiary alicyclic amines) is 2. The molecule has 9 heteroatoms. The molecule has 0 spiro atoms. The minimum absolute atomic E-state index is 0.0792. The van der Waals surface area contributed by atoms with Crippen LogP contribution in [0.5, 0.6) is 0 Å². The van der Waals surface area contributed by atoms with Gasteiger partial charge < -0.3 is 14.4 Å². The van der Waals surface area contributed by atoms with Crippen molar-refractivity contribution in [2.45, 2.75) is 25.9 Å². The number of aryl methyl sites for hydroxylation is 2. The number of hydrogen-bond donors (Lipinski definition) is 0. The summed E-state index contributed by atoms with van der Waals surface area (Å²) in [6.45, 7) is 3.86. The van der Waals surface area contributed by atoms with E-state index in [-0.39, 0.29) is 13.1 Å². The zero-order valence-electron chi connectivity index (χ0n) is 20.4. The summed E-state index contributed by atoms with van der Waals surface area (Å²) >= 11 is 0. The molecule has 4 heterocycles. The lowest BCUT2D eigenvalue weighted by Gasteiger charge is -2.60. The van der Waals surface area contributed by atoms with E-state index in [1.165, 1.54) is 14.2 Å². The summed E-state index contributed by atoms with van der Waals surface area (Å²) in [5.41, 5.74) is -0.784. The zero-order chi connectivity index (χ0) is 24.8. The molecule has 0 aliphatic carbocycles. The number of hydrogen-bond acceptors (Lipinski definition) is 9. The molecule has 2 saturated heterocycles. The van der Waals surface area contributed by atoms with Crippen LogP contribution in [0.4, 0.5) is 0 Å². The van der Waals surface area contributed by atoms with Gasteiger partial charge in [-0.15, -0.1) is 0 Å². The summed E-state index contributed by atoms with van der Waals surface area (Å²) in [6, 6.07) is 9.40. The largest absolute Gasteiger partial charge is 0.468 e. The van der Waals surface area contributed by atoms with Gasteiger partial charge in [0.1, 0.15) is 0 Å². The second kappa shape index (κ2) is 8.56. The highest BCUT2D eigenvalue weighted by molar-refractivity contribution is 6.17. The van der Waals surface area contributed by atoms with Crippen molar-refractivity contribution in [2.24, 2.45) is 10.8 Å². The molecule has 0 saturated carbocycles. The van der Waals surface area contributed by atoms with Gasteiger partial charge in [-0.25, -0.2) is 0 Å². The van der Waals surface area contributed by atoms with Crippen LogP contribution in [0.1, 0.15) is 34.9 Å². The normalized spacial score (nSPS) is 29.5. The number of carbonyl (C=O) groups excluding carboxylic acids is 3. The lowest BCUT2D eigenvalue weighted by Crippen LogP contribution is -2.75. The minimum Gasteiger partial charge on any atom is -0.468 e. The van der Waals surface area contributed by atoms with Gasteiger partial charge in [-0.1, -0.05) is 12.1 Å². The lowest BCUT2D eigenvalue weighted by atomic mass is 9.54. The molecule has 4 atom stereocenters. The fraction of sp³-hybridized carbons (Fsp3) is 0.480. The van der Waals surface area contributed by atoms with Crippen LogP contribution < -0.4 is 0 Å². The van der Waals surface area contributed by atoms with E-state index >= 15 is 0 Å². The first-order valence-electron chi connectivity index (χ1n) is 11.1. The van der Waals surface area contributed by atoms with Crippen LogP contribution in [0, 0.1) is 24.7 Å². The van der Waals surface area contributed by atoms with Crippen molar-refractivity contribution >= 4 is 17.7 Å². The second-order valence-corrected chi connectivity index (χ2v) is 9.31. The Labute approximate surface area is 199 Å². The molecule has 2 fully saturated rings.